The van der Waals surface area contributed by atoms with Gasteiger partial charge in [-0.2, -0.15) is 4.99 Å². The van der Waals surface area contributed by atoms with E-state index in [9.17, 15) is 24.0 Å². The molecule has 45 heavy (non-hydrogen) atoms. The molecule has 0 aliphatic rings. The molecule has 5 amide bonds. The van der Waals surface area contributed by atoms with Crippen LogP contribution >= 0.6 is 0 Å². The molecule has 0 heterocycles. The van der Waals surface area contributed by atoms with Gasteiger partial charge in [0.25, 0.3) is 5.91 Å². The van der Waals surface area contributed by atoms with E-state index in [-0.39, 0.29) is 38.2 Å². The van der Waals surface area contributed by atoms with Crippen LogP contribution in [0.5, 0.6) is 0 Å². The highest BCUT2D eigenvalue weighted by molar-refractivity contribution is 6.02. The highest BCUT2D eigenvalue weighted by Gasteiger charge is 2.28. The van der Waals surface area contributed by atoms with Crippen LogP contribution in [0.25, 0.3) is 0 Å². The largest absolute Gasteiger partial charge is 0.443 e. The van der Waals surface area contributed by atoms with E-state index >= 15 is 0 Å². The number of amides is 5. The number of carbonyl (C=O) groups is 5. The van der Waals surface area contributed by atoms with Gasteiger partial charge in [-0.15, -0.1) is 0 Å². The average molecular weight is 617 g/mol. The van der Waals surface area contributed by atoms with E-state index in [1.54, 1.807) is 24.3 Å². The van der Waals surface area contributed by atoms with E-state index in [0.29, 0.717) is 17.5 Å². The number of primary amides is 2. The summed E-state index contributed by atoms with van der Waals surface area (Å²) in [4.78, 5) is 64.8. The maximum absolute atomic E-state index is 13.0. The summed E-state index contributed by atoms with van der Waals surface area (Å²) in [6.07, 6.45) is -2.97. The van der Waals surface area contributed by atoms with Crippen molar-refractivity contribution in [3.05, 3.63) is 107 Å². The zero-order valence-electron chi connectivity index (χ0n) is 24.5. The summed E-state index contributed by atoms with van der Waals surface area (Å²) in [5.41, 5.74) is 19.2. The van der Waals surface area contributed by atoms with E-state index < -0.39 is 42.1 Å². The molecular weight excluding hydrogens is 580 g/mol. The van der Waals surface area contributed by atoms with Gasteiger partial charge in [-0.25, -0.2) is 9.59 Å². The molecule has 0 bridgehead atoms. The number of amidine groups is 1. The van der Waals surface area contributed by atoms with Crippen molar-refractivity contribution in [2.45, 2.75) is 51.0 Å². The predicted molar refractivity (Wildman–Crippen MR) is 165 cm³/mol. The van der Waals surface area contributed by atoms with E-state index in [1.807, 2.05) is 60.7 Å². The summed E-state index contributed by atoms with van der Waals surface area (Å²) < 4.78 is 10.1. The third-order valence-corrected chi connectivity index (χ3v) is 6.53. The highest BCUT2D eigenvalue weighted by atomic mass is 16.6. The molecule has 0 radical (unpaired) electrons. The summed E-state index contributed by atoms with van der Waals surface area (Å²) >= 11 is 0. The minimum Gasteiger partial charge on any atom is -0.443 e. The van der Waals surface area contributed by atoms with Crippen molar-refractivity contribution in [2.24, 2.45) is 22.2 Å². The summed E-state index contributed by atoms with van der Waals surface area (Å²) in [5.74, 6) is -2.03. The van der Waals surface area contributed by atoms with Crippen LogP contribution in [0.4, 0.5) is 9.59 Å². The van der Waals surface area contributed by atoms with Crippen molar-refractivity contribution in [1.82, 2.24) is 10.6 Å². The Hall–Kier alpha value is -5.72. The Balaban J connectivity index is 1.58. The Labute approximate surface area is 260 Å². The monoisotopic (exact) mass is 616 g/mol. The van der Waals surface area contributed by atoms with Crippen LogP contribution in [-0.4, -0.2) is 47.9 Å². The van der Waals surface area contributed by atoms with Crippen LogP contribution in [0.3, 0.4) is 0 Å². The molecule has 236 valence electrons. The first-order chi connectivity index (χ1) is 21.6. The summed E-state index contributed by atoms with van der Waals surface area (Å²) in [5, 5.41) is 5.25. The number of carbonyl (C=O) groups excluding carboxylic acids is 5. The fraction of sp³-hybridized carbons (Fsp3) is 0.250. The highest BCUT2D eigenvalue weighted by Crippen LogP contribution is 2.10. The van der Waals surface area contributed by atoms with Crippen LogP contribution in [0, 0.1) is 0 Å². The van der Waals surface area contributed by atoms with Crippen molar-refractivity contribution in [3.8, 4) is 0 Å². The van der Waals surface area contributed by atoms with Gasteiger partial charge in [0.1, 0.15) is 18.5 Å². The number of hydrogen-bond donors (Lipinski definition) is 5. The predicted octanol–water partition coefficient (Wildman–Crippen LogP) is 2.19. The first kappa shape index (κ1) is 33.8. The molecule has 0 saturated carbocycles. The van der Waals surface area contributed by atoms with Crippen molar-refractivity contribution in [2.75, 3.05) is 0 Å². The molecule has 3 aromatic carbocycles. The zero-order valence-corrected chi connectivity index (χ0v) is 24.5. The number of rotatable bonds is 15. The number of aliphatic imine (C=N–C) groups is 1. The Bertz CT molecular complexity index is 1480. The molecule has 0 spiro atoms. The Morgan fingerprint density at radius 2 is 1.36 bits per heavy atom. The third-order valence-electron chi connectivity index (χ3n) is 6.53. The lowest BCUT2D eigenvalue weighted by atomic mass is 10.0. The quantitative estimate of drug-likeness (QED) is 0.126. The molecule has 0 saturated heterocycles. The van der Waals surface area contributed by atoms with E-state index in [4.69, 9.17) is 26.7 Å². The van der Waals surface area contributed by atoms with Crippen molar-refractivity contribution >= 4 is 35.7 Å². The number of aryl methyl sites for hydroxylation is 1. The number of nitrogens with one attached hydrogen (secondary N) is 2. The second kappa shape index (κ2) is 17.4. The van der Waals surface area contributed by atoms with Gasteiger partial charge in [-0.1, -0.05) is 84.9 Å². The lowest BCUT2D eigenvalue weighted by molar-refractivity contribution is -0.134. The molecule has 0 aliphatic carbocycles. The van der Waals surface area contributed by atoms with Gasteiger partial charge in [-0.05, 0) is 36.0 Å². The van der Waals surface area contributed by atoms with Crippen LogP contribution in [0.2, 0.25) is 0 Å². The van der Waals surface area contributed by atoms with Gasteiger partial charge < -0.3 is 37.3 Å². The number of ether oxygens (including phenoxy) is 2. The van der Waals surface area contributed by atoms with Gasteiger partial charge >= 0.3 is 12.2 Å². The molecule has 13 nitrogen and oxygen atoms in total. The normalized spacial score (nSPS) is 12.3. The molecule has 2 atom stereocenters. The summed E-state index contributed by atoms with van der Waals surface area (Å²) in [6, 6.07) is 23.8. The smallest absolute Gasteiger partial charge is 0.435 e. The second-order valence-corrected chi connectivity index (χ2v) is 9.97. The van der Waals surface area contributed by atoms with Crippen LogP contribution in [0.1, 0.15) is 41.5 Å². The van der Waals surface area contributed by atoms with Crippen LogP contribution in [0.15, 0.2) is 89.9 Å². The maximum atomic E-state index is 13.0. The van der Waals surface area contributed by atoms with E-state index in [2.05, 4.69) is 15.6 Å². The zero-order chi connectivity index (χ0) is 32.6. The summed E-state index contributed by atoms with van der Waals surface area (Å²) in [6.45, 7) is 0.121. The molecular formula is C32H36N6O7. The SMILES string of the molecule is NC(=O)CC[C@H](NC(=O)[C@@H](CCc1ccccc1)OC(N)=O)C(=O)NCc1ccc(C(N)=NC(=O)OCc2ccccc2)cc1. The molecule has 3 aromatic rings. The first-order valence-electron chi connectivity index (χ1n) is 14.1. The standard InChI is InChI=1S/C32H36N6O7/c33-27(39)18-16-25(37-30(41)26(45-31(35)42)17-13-21-7-3-1-4-8-21)29(40)36-19-22-11-14-24(15-12-22)28(34)38-32(43)44-20-23-9-5-2-6-10-23/h1-12,14-15,25-26H,13,16-20H2,(H2,33,39)(H2,35,42)(H,36,40)(H,37,41)(H2,34,38,43)/t25-,26+/m0/s1. The van der Waals surface area contributed by atoms with Gasteiger partial charge in [-0.3, -0.25) is 14.4 Å². The van der Waals surface area contributed by atoms with E-state index in [1.165, 1.54) is 0 Å². The molecule has 13 heteroatoms. The van der Waals surface area contributed by atoms with Crippen molar-refractivity contribution in [3.63, 3.8) is 0 Å². The van der Waals surface area contributed by atoms with Crippen LogP contribution in [-0.2, 0) is 43.4 Å². The Kier molecular flexibility index (Phi) is 13.1. The molecule has 0 aliphatic heterocycles. The number of hydrogen-bond acceptors (Lipinski definition) is 7. The second-order valence-electron chi connectivity index (χ2n) is 9.97. The van der Waals surface area contributed by atoms with Gasteiger partial charge in [0.05, 0.1) is 0 Å². The van der Waals surface area contributed by atoms with Crippen molar-refractivity contribution in [1.29, 1.82) is 0 Å². The van der Waals surface area contributed by atoms with Gasteiger partial charge in [0.15, 0.2) is 6.10 Å². The lowest BCUT2D eigenvalue weighted by Gasteiger charge is -2.22. The molecule has 0 unspecified atom stereocenters. The number of benzene rings is 3. The molecule has 0 aromatic heterocycles. The fourth-order valence-electron chi connectivity index (χ4n) is 4.17. The molecule has 0 fully saturated rings. The minimum absolute atomic E-state index is 0.0436. The fourth-order valence-corrected chi connectivity index (χ4v) is 4.17. The number of nitrogens with two attached hydrogens (primary N) is 3. The van der Waals surface area contributed by atoms with Crippen LogP contribution < -0.4 is 27.8 Å². The lowest BCUT2D eigenvalue weighted by Crippen LogP contribution is -2.51. The topological polar surface area (TPSA) is 218 Å². The minimum atomic E-state index is -1.26. The summed E-state index contributed by atoms with van der Waals surface area (Å²) in [7, 11) is 0. The third kappa shape index (κ3) is 12.2. The maximum Gasteiger partial charge on any atom is 0.435 e. The van der Waals surface area contributed by atoms with Gasteiger partial charge in [0.2, 0.25) is 11.8 Å². The molecule has 8 N–H and O–H groups in total. The Morgan fingerprint density at radius 1 is 0.733 bits per heavy atom. The Morgan fingerprint density at radius 3 is 1.96 bits per heavy atom. The van der Waals surface area contributed by atoms with Gasteiger partial charge in [0, 0.05) is 18.5 Å². The first-order valence-corrected chi connectivity index (χ1v) is 14.1. The van der Waals surface area contributed by atoms with E-state index in [0.717, 1.165) is 11.1 Å². The molecule has 3 rings (SSSR count). The number of nitrogens with zero attached hydrogens (tertiary/aromatic N) is 1. The average Bonchev–Trinajstić information content (AvgIpc) is 3.03. The van der Waals surface area contributed by atoms with Crippen molar-refractivity contribution < 1.29 is 33.4 Å².